The quantitative estimate of drug-likeness (QED) is 0.767. The lowest BCUT2D eigenvalue weighted by Gasteiger charge is -1.98. The molecule has 0 amide bonds. The minimum atomic E-state index is 0.275. The molecule has 4 heteroatoms. The molecule has 0 saturated heterocycles. The van der Waals surface area contributed by atoms with Gasteiger partial charge in [-0.3, -0.25) is 0 Å². The van der Waals surface area contributed by atoms with Crippen LogP contribution in [0.15, 0.2) is 28.7 Å². The lowest BCUT2D eigenvalue weighted by Crippen LogP contribution is -1.91. The predicted molar refractivity (Wildman–Crippen MR) is 62.4 cm³/mol. The number of alkyl halides is 1. The number of benzene rings is 1. The summed E-state index contributed by atoms with van der Waals surface area (Å²) in [5.74, 6) is 1.41. The van der Waals surface area contributed by atoms with Gasteiger partial charge in [-0.2, -0.15) is 0 Å². The monoisotopic (exact) mass is 236 g/mol. The summed E-state index contributed by atoms with van der Waals surface area (Å²) in [7, 11) is 0. The minimum Gasteiger partial charge on any atom is -0.424 e. The molecule has 3 nitrogen and oxygen atoms in total. The maximum absolute atomic E-state index is 5.58. The number of aryl methyl sites for hydroxylation is 3. The van der Waals surface area contributed by atoms with Crippen LogP contribution in [-0.2, 0) is 18.7 Å². The van der Waals surface area contributed by atoms with Crippen LogP contribution in [0.25, 0.3) is 0 Å². The Morgan fingerprint density at radius 1 is 1.06 bits per heavy atom. The molecule has 0 N–H and O–H groups in total. The van der Waals surface area contributed by atoms with E-state index in [9.17, 15) is 0 Å². The van der Waals surface area contributed by atoms with Gasteiger partial charge in [0.15, 0.2) is 0 Å². The first-order chi connectivity index (χ1) is 7.78. The molecule has 0 radical (unpaired) electrons. The van der Waals surface area contributed by atoms with E-state index in [0.29, 0.717) is 11.8 Å². The number of nitrogens with zero attached hydrogens (tertiary/aromatic N) is 2. The molecular weight excluding hydrogens is 224 g/mol. The minimum absolute atomic E-state index is 0.275. The molecule has 1 heterocycles. The first-order valence-corrected chi connectivity index (χ1v) is 5.74. The molecule has 0 fully saturated rings. The summed E-state index contributed by atoms with van der Waals surface area (Å²) in [6, 6.07) is 8.45. The van der Waals surface area contributed by atoms with Gasteiger partial charge in [-0.15, -0.1) is 21.8 Å². The molecule has 0 bridgehead atoms. The first-order valence-electron chi connectivity index (χ1n) is 5.20. The Morgan fingerprint density at radius 3 is 2.38 bits per heavy atom. The second-order valence-corrected chi connectivity index (χ2v) is 3.98. The molecule has 0 atom stereocenters. The van der Waals surface area contributed by atoms with Crippen molar-refractivity contribution in [3.8, 4) is 0 Å². The van der Waals surface area contributed by atoms with E-state index in [1.165, 1.54) is 11.1 Å². The van der Waals surface area contributed by atoms with Gasteiger partial charge in [0.05, 0.1) is 0 Å². The first kappa shape index (κ1) is 11.1. The molecule has 1 aromatic heterocycles. The Balaban J connectivity index is 1.94. The molecule has 84 valence electrons. The van der Waals surface area contributed by atoms with Crippen LogP contribution in [0, 0.1) is 6.92 Å². The van der Waals surface area contributed by atoms with Gasteiger partial charge in [-0.1, -0.05) is 29.8 Å². The van der Waals surface area contributed by atoms with E-state index < -0.39 is 0 Å². The molecular formula is C12H13ClN2O. The van der Waals surface area contributed by atoms with Crippen molar-refractivity contribution in [1.82, 2.24) is 10.2 Å². The smallest absolute Gasteiger partial charge is 0.231 e. The van der Waals surface area contributed by atoms with Crippen LogP contribution >= 0.6 is 11.6 Å². The largest absolute Gasteiger partial charge is 0.424 e. The zero-order chi connectivity index (χ0) is 11.4. The van der Waals surface area contributed by atoms with E-state index in [1.807, 2.05) is 0 Å². The van der Waals surface area contributed by atoms with Crippen molar-refractivity contribution >= 4 is 11.6 Å². The summed E-state index contributed by atoms with van der Waals surface area (Å²) < 4.78 is 5.32. The molecule has 0 saturated carbocycles. The van der Waals surface area contributed by atoms with E-state index in [1.54, 1.807) is 0 Å². The second-order valence-electron chi connectivity index (χ2n) is 3.71. The highest BCUT2D eigenvalue weighted by Crippen LogP contribution is 2.09. The molecule has 0 aliphatic carbocycles. The van der Waals surface area contributed by atoms with Gasteiger partial charge < -0.3 is 4.42 Å². The summed E-state index contributed by atoms with van der Waals surface area (Å²) in [4.78, 5) is 0. The van der Waals surface area contributed by atoms with E-state index in [4.69, 9.17) is 16.0 Å². The number of hydrogen-bond donors (Lipinski definition) is 0. The Morgan fingerprint density at radius 2 is 1.75 bits per heavy atom. The molecule has 0 spiro atoms. The third-order valence-electron chi connectivity index (χ3n) is 2.37. The van der Waals surface area contributed by atoms with Crippen LogP contribution in [0.4, 0.5) is 0 Å². The van der Waals surface area contributed by atoms with Crippen LogP contribution < -0.4 is 0 Å². The van der Waals surface area contributed by atoms with Gasteiger partial charge >= 0.3 is 0 Å². The molecule has 1 aromatic carbocycles. The van der Waals surface area contributed by atoms with Gasteiger partial charge in [-0.05, 0) is 18.9 Å². The molecule has 0 aliphatic heterocycles. The number of halogens is 1. The van der Waals surface area contributed by atoms with Crippen molar-refractivity contribution in [3.63, 3.8) is 0 Å². The highest BCUT2D eigenvalue weighted by molar-refractivity contribution is 6.16. The zero-order valence-corrected chi connectivity index (χ0v) is 9.87. The molecule has 2 aromatic rings. The van der Waals surface area contributed by atoms with E-state index in [-0.39, 0.29) is 5.88 Å². The van der Waals surface area contributed by atoms with Crippen molar-refractivity contribution in [2.24, 2.45) is 0 Å². The highest BCUT2D eigenvalue weighted by Gasteiger charge is 2.04. The summed E-state index contributed by atoms with van der Waals surface area (Å²) in [5, 5.41) is 7.73. The topological polar surface area (TPSA) is 38.9 Å². The van der Waals surface area contributed by atoms with Crippen molar-refractivity contribution < 1.29 is 4.42 Å². The summed E-state index contributed by atoms with van der Waals surface area (Å²) in [6.07, 6.45) is 1.66. The zero-order valence-electron chi connectivity index (χ0n) is 9.11. The molecule has 0 aliphatic rings. The molecule has 16 heavy (non-hydrogen) atoms. The molecule has 0 unspecified atom stereocenters. The highest BCUT2D eigenvalue weighted by atomic mass is 35.5. The second kappa shape index (κ2) is 5.12. The van der Waals surface area contributed by atoms with Crippen LogP contribution in [0.1, 0.15) is 22.9 Å². The van der Waals surface area contributed by atoms with E-state index >= 15 is 0 Å². The average Bonchev–Trinajstić information content (AvgIpc) is 2.76. The van der Waals surface area contributed by atoms with E-state index in [2.05, 4.69) is 41.4 Å². The van der Waals surface area contributed by atoms with Gasteiger partial charge in [0.25, 0.3) is 0 Å². The lowest BCUT2D eigenvalue weighted by molar-refractivity contribution is 0.463. The van der Waals surface area contributed by atoms with Crippen LogP contribution in [0.3, 0.4) is 0 Å². The maximum Gasteiger partial charge on any atom is 0.231 e. The standard InChI is InChI=1S/C12H13ClN2O/c1-9-2-4-10(5-3-9)6-7-11-14-15-12(8-13)16-11/h2-5H,6-8H2,1H3. The Labute approximate surface area is 99.5 Å². The van der Waals surface area contributed by atoms with Gasteiger partial charge in [-0.25, -0.2) is 0 Å². The van der Waals surface area contributed by atoms with Gasteiger partial charge in [0.2, 0.25) is 11.8 Å². The van der Waals surface area contributed by atoms with Crippen LogP contribution in [-0.4, -0.2) is 10.2 Å². The van der Waals surface area contributed by atoms with Crippen molar-refractivity contribution in [2.45, 2.75) is 25.6 Å². The van der Waals surface area contributed by atoms with Crippen molar-refractivity contribution in [2.75, 3.05) is 0 Å². The van der Waals surface area contributed by atoms with E-state index in [0.717, 1.165) is 12.8 Å². The summed E-state index contributed by atoms with van der Waals surface area (Å²) >= 11 is 5.58. The normalized spacial score (nSPS) is 10.6. The number of rotatable bonds is 4. The fourth-order valence-corrected chi connectivity index (χ4v) is 1.56. The maximum atomic E-state index is 5.58. The average molecular weight is 237 g/mol. The van der Waals surface area contributed by atoms with Gasteiger partial charge in [0.1, 0.15) is 5.88 Å². The van der Waals surface area contributed by atoms with Crippen molar-refractivity contribution in [3.05, 3.63) is 47.2 Å². The third kappa shape index (κ3) is 2.83. The predicted octanol–water partition coefficient (Wildman–Crippen LogP) is 2.90. The van der Waals surface area contributed by atoms with Gasteiger partial charge in [0, 0.05) is 6.42 Å². The van der Waals surface area contributed by atoms with Crippen LogP contribution in [0.2, 0.25) is 0 Å². The Hall–Kier alpha value is -1.35. The van der Waals surface area contributed by atoms with Crippen molar-refractivity contribution in [1.29, 1.82) is 0 Å². The Bertz CT molecular complexity index is 450. The number of aromatic nitrogens is 2. The molecule has 2 rings (SSSR count). The number of hydrogen-bond acceptors (Lipinski definition) is 3. The Kier molecular flexibility index (Phi) is 3.57. The lowest BCUT2D eigenvalue weighted by atomic mass is 10.1. The summed E-state index contributed by atoms with van der Waals surface area (Å²) in [5.41, 5.74) is 2.54. The van der Waals surface area contributed by atoms with Crippen LogP contribution in [0.5, 0.6) is 0 Å². The summed E-state index contributed by atoms with van der Waals surface area (Å²) in [6.45, 7) is 2.08. The fourth-order valence-electron chi connectivity index (χ4n) is 1.45. The fraction of sp³-hybridized carbons (Fsp3) is 0.333. The third-order valence-corrected chi connectivity index (χ3v) is 2.60. The SMILES string of the molecule is Cc1ccc(CCc2nnc(CCl)o2)cc1.